The number of unbranched alkanes of at least 4 members (excludes halogenated alkanes) is 1. The Hall–Kier alpha value is -1.72. The minimum Gasteiger partial charge on any atom is -0.347 e. The first kappa shape index (κ1) is 12.3. The molecule has 1 aliphatic rings. The normalized spacial score (nSPS) is 14.7. The van der Waals surface area contributed by atoms with E-state index >= 15 is 0 Å². The van der Waals surface area contributed by atoms with Crippen molar-refractivity contribution in [1.29, 1.82) is 0 Å². The Morgan fingerprint density at radius 1 is 1.32 bits per heavy atom. The monoisotopic (exact) mass is 252 g/mol. The van der Waals surface area contributed by atoms with Gasteiger partial charge in [0.1, 0.15) is 0 Å². The van der Waals surface area contributed by atoms with Crippen LogP contribution < -0.4 is 5.32 Å². The van der Waals surface area contributed by atoms with Gasteiger partial charge in [-0.05, 0) is 37.0 Å². The molecule has 1 fully saturated rings. The molecule has 2 heteroatoms. The largest absolute Gasteiger partial charge is 0.347 e. The predicted molar refractivity (Wildman–Crippen MR) is 79.9 cm³/mol. The number of hydrogen-bond donors (Lipinski definition) is 1. The molecule has 0 spiro atoms. The number of benzene rings is 1. The second-order valence-corrected chi connectivity index (χ2v) is 5.32. The molecule has 2 nitrogen and oxygen atoms in total. The lowest BCUT2D eigenvalue weighted by atomic mass is 10.1. The maximum atomic E-state index is 5.31. The highest BCUT2D eigenvalue weighted by Gasteiger charge is 2.20. The average Bonchev–Trinajstić information content (AvgIpc) is 3.17. The molecule has 0 radical (unpaired) electrons. The summed E-state index contributed by atoms with van der Waals surface area (Å²) in [5, 5.41) is 4.96. The van der Waals surface area contributed by atoms with Gasteiger partial charge in [0.05, 0.1) is 0 Å². The van der Waals surface area contributed by atoms with Gasteiger partial charge in [-0.3, -0.25) is 0 Å². The first-order chi connectivity index (χ1) is 9.38. The number of nitrogens with one attached hydrogen (secondary N) is 1. The van der Waals surface area contributed by atoms with Gasteiger partial charge in [0.25, 0.3) is 0 Å². The summed E-state index contributed by atoms with van der Waals surface area (Å²) in [6.07, 6.45) is 12.1. The summed E-state index contributed by atoms with van der Waals surface area (Å²) in [5.41, 5.74) is 2.73. The van der Waals surface area contributed by atoms with Crippen LogP contribution in [0.2, 0.25) is 0 Å². The Morgan fingerprint density at radius 3 is 3.00 bits per heavy atom. The summed E-state index contributed by atoms with van der Waals surface area (Å²) in [4.78, 5) is 0. The lowest BCUT2D eigenvalue weighted by molar-refractivity contribution is 0.676. The fourth-order valence-electron chi connectivity index (χ4n) is 2.53. The van der Waals surface area contributed by atoms with E-state index in [1.807, 2.05) is 0 Å². The van der Waals surface area contributed by atoms with Gasteiger partial charge in [0.15, 0.2) is 0 Å². The van der Waals surface area contributed by atoms with Crippen LogP contribution >= 0.6 is 0 Å². The van der Waals surface area contributed by atoms with E-state index in [0.29, 0.717) is 0 Å². The SMILES string of the molecule is C#CCCCn1ccc2c(CNC3CC3)cccc21. The molecule has 1 aromatic heterocycles. The van der Waals surface area contributed by atoms with Crippen molar-refractivity contribution in [2.45, 2.75) is 44.8 Å². The van der Waals surface area contributed by atoms with Gasteiger partial charge in [-0.2, -0.15) is 0 Å². The smallest absolute Gasteiger partial charge is 0.0483 e. The van der Waals surface area contributed by atoms with Gasteiger partial charge < -0.3 is 9.88 Å². The average molecular weight is 252 g/mol. The first-order valence-electron chi connectivity index (χ1n) is 7.12. The molecule has 2 aromatic rings. The van der Waals surface area contributed by atoms with Gasteiger partial charge in [0.2, 0.25) is 0 Å². The zero-order valence-corrected chi connectivity index (χ0v) is 11.2. The van der Waals surface area contributed by atoms with Crippen molar-refractivity contribution in [3.8, 4) is 12.3 Å². The highest BCUT2D eigenvalue weighted by molar-refractivity contribution is 5.83. The van der Waals surface area contributed by atoms with E-state index in [1.54, 1.807) is 0 Å². The summed E-state index contributed by atoms with van der Waals surface area (Å²) in [6.45, 7) is 1.99. The van der Waals surface area contributed by atoms with Crippen molar-refractivity contribution in [3.05, 3.63) is 36.0 Å². The minimum absolute atomic E-state index is 0.757. The summed E-state index contributed by atoms with van der Waals surface area (Å²) in [5.74, 6) is 2.71. The summed E-state index contributed by atoms with van der Waals surface area (Å²) in [6, 6.07) is 9.57. The Labute approximate surface area is 114 Å². The van der Waals surface area contributed by atoms with Crippen LogP contribution in [0.1, 0.15) is 31.2 Å². The van der Waals surface area contributed by atoms with Crippen LogP contribution in [0.15, 0.2) is 30.5 Å². The zero-order chi connectivity index (χ0) is 13.1. The van der Waals surface area contributed by atoms with Crippen molar-refractivity contribution in [3.63, 3.8) is 0 Å². The van der Waals surface area contributed by atoms with Crippen molar-refractivity contribution < 1.29 is 0 Å². The van der Waals surface area contributed by atoms with E-state index < -0.39 is 0 Å². The van der Waals surface area contributed by atoms with E-state index in [0.717, 1.165) is 32.0 Å². The zero-order valence-electron chi connectivity index (χ0n) is 11.2. The van der Waals surface area contributed by atoms with Crippen LogP contribution in [0.4, 0.5) is 0 Å². The predicted octanol–water partition coefficient (Wildman–Crippen LogP) is 3.31. The van der Waals surface area contributed by atoms with Crippen LogP contribution in [0.25, 0.3) is 10.9 Å². The third-order valence-corrected chi connectivity index (χ3v) is 3.78. The number of terminal acetylenes is 1. The highest BCUT2D eigenvalue weighted by atomic mass is 15.0. The molecule has 1 saturated carbocycles. The molecule has 0 amide bonds. The van der Waals surface area contributed by atoms with Crippen LogP contribution in [0.3, 0.4) is 0 Å². The van der Waals surface area contributed by atoms with Crippen LogP contribution in [-0.4, -0.2) is 10.6 Å². The van der Waals surface area contributed by atoms with E-state index in [4.69, 9.17) is 6.42 Å². The Balaban J connectivity index is 1.78. The summed E-state index contributed by atoms with van der Waals surface area (Å²) < 4.78 is 2.31. The van der Waals surface area contributed by atoms with E-state index in [9.17, 15) is 0 Å². The van der Waals surface area contributed by atoms with Crippen molar-refractivity contribution in [2.24, 2.45) is 0 Å². The molecule has 1 aliphatic carbocycles. The Kier molecular flexibility index (Phi) is 3.57. The molecular weight excluding hydrogens is 232 g/mol. The molecule has 0 aliphatic heterocycles. The third kappa shape index (κ3) is 2.83. The molecular formula is C17H20N2. The molecule has 0 atom stereocenters. The molecule has 3 rings (SSSR count). The van der Waals surface area contributed by atoms with Crippen LogP contribution in [-0.2, 0) is 13.1 Å². The van der Waals surface area contributed by atoms with Gasteiger partial charge >= 0.3 is 0 Å². The molecule has 0 unspecified atom stereocenters. The fourth-order valence-corrected chi connectivity index (χ4v) is 2.53. The van der Waals surface area contributed by atoms with E-state index in [2.05, 4.69) is 46.3 Å². The quantitative estimate of drug-likeness (QED) is 0.616. The maximum absolute atomic E-state index is 5.31. The maximum Gasteiger partial charge on any atom is 0.0483 e. The van der Waals surface area contributed by atoms with E-state index in [-0.39, 0.29) is 0 Å². The second kappa shape index (κ2) is 5.50. The molecule has 0 bridgehead atoms. The Bertz CT molecular complexity index is 599. The van der Waals surface area contributed by atoms with Crippen molar-refractivity contribution >= 4 is 10.9 Å². The van der Waals surface area contributed by atoms with Gasteiger partial charge in [-0.25, -0.2) is 0 Å². The molecule has 0 saturated heterocycles. The number of hydrogen-bond acceptors (Lipinski definition) is 1. The summed E-state index contributed by atoms with van der Waals surface area (Å²) in [7, 11) is 0. The third-order valence-electron chi connectivity index (χ3n) is 3.78. The molecule has 1 N–H and O–H groups in total. The van der Waals surface area contributed by atoms with Crippen molar-refractivity contribution in [2.75, 3.05) is 0 Å². The molecule has 19 heavy (non-hydrogen) atoms. The minimum atomic E-state index is 0.757. The van der Waals surface area contributed by atoms with Gasteiger partial charge in [0, 0.05) is 42.7 Å². The van der Waals surface area contributed by atoms with Crippen molar-refractivity contribution in [1.82, 2.24) is 9.88 Å². The highest BCUT2D eigenvalue weighted by Crippen LogP contribution is 2.23. The topological polar surface area (TPSA) is 17.0 Å². The summed E-state index contributed by atoms with van der Waals surface area (Å²) >= 11 is 0. The van der Waals surface area contributed by atoms with Gasteiger partial charge in [-0.1, -0.05) is 12.1 Å². The number of fused-ring (bicyclic) bond motifs is 1. The van der Waals surface area contributed by atoms with Crippen LogP contribution in [0, 0.1) is 12.3 Å². The van der Waals surface area contributed by atoms with Gasteiger partial charge in [-0.15, -0.1) is 12.3 Å². The fraction of sp³-hybridized carbons (Fsp3) is 0.412. The lowest BCUT2D eigenvalue weighted by Crippen LogP contribution is -2.15. The van der Waals surface area contributed by atoms with Crippen LogP contribution in [0.5, 0.6) is 0 Å². The molecule has 1 heterocycles. The number of aromatic nitrogens is 1. The number of nitrogens with zero attached hydrogens (tertiary/aromatic N) is 1. The Morgan fingerprint density at radius 2 is 2.21 bits per heavy atom. The van der Waals surface area contributed by atoms with E-state index in [1.165, 1.54) is 29.3 Å². The lowest BCUT2D eigenvalue weighted by Gasteiger charge is -2.07. The standard InChI is InChI=1S/C17H20N2/c1-2-3-4-11-19-12-10-16-14(6-5-7-17(16)19)13-18-15-8-9-15/h1,5-7,10,12,15,18H,3-4,8-9,11,13H2. The number of aryl methyl sites for hydroxylation is 1. The number of rotatable bonds is 6. The molecule has 98 valence electrons. The molecule has 1 aromatic carbocycles. The second-order valence-electron chi connectivity index (χ2n) is 5.32. The first-order valence-corrected chi connectivity index (χ1v) is 7.12.